The van der Waals surface area contributed by atoms with Crippen LogP contribution in [-0.4, -0.2) is 5.11 Å². The molecule has 0 fully saturated rings. The highest BCUT2D eigenvalue weighted by Crippen LogP contribution is 2.32. The molecule has 0 radical (unpaired) electrons. The van der Waals surface area contributed by atoms with Gasteiger partial charge in [0.25, 0.3) is 0 Å². The van der Waals surface area contributed by atoms with Crippen molar-refractivity contribution < 1.29 is 9.52 Å². The van der Waals surface area contributed by atoms with Crippen LogP contribution < -0.4 is 5.63 Å². The number of phenolic OH excluding ortho intramolecular Hbond substituents is 1. The number of aryl methyl sites for hydroxylation is 2. The molecular weight excluding hydrogens is 228 g/mol. The average Bonchev–Trinajstić information content (AvgIpc) is 2.81. The summed E-state index contributed by atoms with van der Waals surface area (Å²) < 4.78 is 5.30. The van der Waals surface area contributed by atoms with Gasteiger partial charge in [-0.15, -0.1) is 0 Å². The van der Waals surface area contributed by atoms with Crippen LogP contribution in [0, 0.1) is 0 Å². The summed E-state index contributed by atoms with van der Waals surface area (Å²) in [5, 5.41) is 10.9. The Hall–Kier alpha value is -1.77. The quantitative estimate of drug-likeness (QED) is 0.826. The third-order valence-electron chi connectivity index (χ3n) is 3.69. The predicted molar refractivity (Wildman–Crippen MR) is 70.2 cm³/mol. The van der Waals surface area contributed by atoms with Crippen LogP contribution in [0.2, 0.25) is 0 Å². The van der Waals surface area contributed by atoms with Gasteiger partial charge in [-0.3, -0.25) is 0 Å². The van der Waals surface area contributed by atoms with Crippen molar-refractivity contribution in [1.82, 2.24) is 0 Å². The summed E-state index contributed by atoms with van der Waals surface area (Å²) in [4.78, 5) is 11.8. The van der Waals surface area contributed by atoms with Crippen LogP contribution in [0.3, 0.4) is 0 Å². The smallest absolute Gasteiger partial charge is 0.339 e. The summed E-state index contributed by atoms with van der Waals surface area (Å²) in [6.07, 6.45) is 4.60. The minimum absolute atomic E-state index is 0.227. The van der Waals surface area contributed by atoms with E-state index in [0.29, 0.717) is 5.58 Å². The van der Waals surface area contributed by atoms with E-state index in [4.69, 9.17) is 4.42 Å². The molecule has 0 aliphatic heterocycles. The molecule has 0 atom stereocenters. The van der Waals surface area contributed by atoms with Crippen LogP contribution in [0.4, 0.5) is 0 Å². The molecule has 1 aromatic carbocycles. The van der Waals surface area contributed by atoms with E-state index in [1.807, 2.05) is 6.07 Å². The van der Waals surface area contributed by atoms with Gasteiger partial charge in [0, 0.05) is 17.0 Å². The van der Waals surface area contributed by atoms with E-state index in [1.54, 1.807) is 6.07 Å². The third-order valence-corrected chi connectivity index (χ3v) is 3.69. The second-order valence-corrected chi connectivity index (χ2v) is 4.93. The number of hydrogen-bond acceptors (Lipinski definition) is 3. The van der Waals surface area contributed by atoms with E-state index < -0.39 is 0 Å². The molecule has 0 saturated heterocycles. The first-order chi connectivity index (χ1) is 8.70. The topological polar surface area (TPSA) is 50.4 Å². The maximum absolute atomic E-state index is 11.8. The van der Waals surface area contributed by atoms with Gasteiger partial charge < -0.3 is 9.52 Å². The highest BCUT2D eigenvalue weighted by atomic mass is 16.4. The van der Waals surface area contributed by atoms with Crippen molar-refractivity contribution in [2.75, 3.05) is 0 Å². The fourth-order valence-corrected chi connectivity index (χ4v) is 2.83. The normalized spacial score (nSPS) is 14.1. The van der Waals surface area contributed by atoms with Gasteiger partial charge in [-0.05, 0) is 42.9 Å². The first kappa shape index (κ1) is 11.3. The molecule has 1 heterocycles. The maximum Gasteiger partial charge on any atom is 0.339 e. The zero-order valence-corrected chi connectivity index (χ0v) is 10.5. The SMILES string of the molecule is CCCc1cc2c3c(c(=O)oc2cc1O)CCC3. The first-order valence-electron chi connectivity index (χ1n) is 6.51. The van der Waals surface area contributed by atoms with Crippen LogP contribution in [0.1, 0.15) is 36.5 Å². The Balaban J connectivity index is 2.32. The van der Waals surface area contributed by atoms with Gasteiger partial charge in [-0.1, -0.05) is 13.3 Å². The summed E-state index contributed by atoms with van der Waals surface area (Å²) in [6, 6.07) is 3.57. The number of benzene rings is 1. The zero-order valence-electron chi connectivity index (χ0n) is 10.5. The number of phenols is 1. The Labute approximate surface area is 105 Å². The van der Waals surface area contributed by atoms with Crippen LogP contribution in [0.25, 0.3) is 11.0 Å². The second-order valence-electron chi connectivity index (χ2n) is 4.93. The van der Waals surface area contributed by atoms with Crippen molar-refractivity contribution in [3.63, 3.8) is 0 Å². The molecule has 1 aliphatic carbocycles. The number of fused-ring (bicyclic) bond motifs is 3. The fraction of sp³-hybridized carbons (Fsp3) is 0.400. The molecule has 0 amide bonds. The lowest BCUT2D eigenvalue weighted by atomic mass is 10.0. The Kier molecular flexibility index (Phi) is 2.62. The van der Waals surface area contributed by atoms with Gasteiger partial charge in [0.15, 0.2) is 0 Å². The van der Waals surface area contributed by atoms with Crippen molar-refractivity contribution in [1.29, 1.82) is 0 Å². The largest absolute Gasteiger partial charge is 0.508 e. The van der Waals surface area contributed by atoms with Crippen molar-refractivity contribution in [3.05, 3.63) is 39.2 Å². The van der Waals surface area contributed by atoms with Crippen LogP contribution in [-0.2, 0) is 19.3 Å². The fourth-order valence-electron chi connectivity index (χ4n) is 2.83. The van der Waals surface area contributed by atoms with E-state index in [9.17, 15) is 9.90 Å². The van der Waals surface area contributed by atoms with Crippen molar-refractivity contribution >= 4 is 11.0 Å². The predicted octanol–water partition coefficient (Wildman–Crippen LogP) is 2.94. The molecule has 1 N–H and O–H groups in total. The van der Waals surface area contributed by atoms with E-state index in [0.717, 1.165) is 54.2 Å². The molecule has 2 aromatic rings. The minimum Gasteiger partial charge on any atom is -0.508 e. The number of hydrogen-bond donors (Lipinski definition) is 1. The molecule has 3 heteroatoms. The summed E-state index contributed by atoms with van der Waals surface area (Å²) in [7, 11) is 0. The lowest BCUT2D eigenvalue weighted by molar-refractivity contribution is 0.465. The summed E-state index contributed by atoms with van der Waals surface area (Å²) >= 11 is 0. The monoisotopic (exact) mass is 244 g/mol. The molecule has 0 spiro atoms. The van der Waals surface area contributed by atoms with E-state index in [2.05, 4.69) is 6.92 Å². The van der Waals surface area contributed by atoms with Gasteiger partial charge in [0.05, 0.1) is 0 Å². The number of aromatic hydroxyl groups is 1. The zero-order chi connectivity index (χ0) is 12.7. The second kappa shape index (κ2) is 4.16. The van der Waals surface area contributed by atoms with E-state index in [1.165, 1.54) is 0 Å². The highest BCUT2D eigenvalue weighted by molar-refractivity contribution is 5.84. The molecular formula is C15H16O3. The molecule has 3 rings (SSSR count). The lowest BCUT2D eigenvalue weighted by Crippen LogP contribution is -2.07. The van der Waals surface area contributed by atoms with Gasteiger partial charge in [-0.2, -0.15) is 0 Å². The van der Waals surface area contributed by atoms with E-state index in [-0.39, 0.29) is 11.4 Å². The van der Waals surface area contributed by atoms with Crippen molar-refractivity contribution in [2.24, 2.45) is 0 Å². The Bertz CT molecular complexity index is 667. The molecule has 94 valence electrons. The average molecular weight is 244 g/mol. The standard InChI is InChI=1S/C15H16O3/c1-2-4-9-7-12-10-5-3-6-11(10)15(17)18-14(12)8-13(9)16/h7-8,16H,2-6H2,1H3. The molecule has 18 heavy (non-hydrogen) atoms. The molecule has 0 unspecified atom stereocenters. The van der Waals surface area contributed by atoms with Gasteiger partial charge >= 0.3 is 5.63 Å². The number of rotatable bonds is 2. The highest BCUT2D eigenvalue weighted by Gasteiger charge is 2.20. The summed E-state index contributed by atoms with van der Waals surface area (Å²) in [5.41, 5.74) is 3.16. The van der Waals surface area contributed by atoms with Gasteiger partial charge in [-0.25, -0.2) is 4.79 Å². The van der Waals surface area contributed by atoms with Crippen LogP contribution in [0.15, 0.2) is 21.3 Å². The van der Waals surface area contributed by atoms with Crippen molar-refractivity contribution in [2.45, 2.75) is 39.0 Å². The minimum atomic E-state index is -0.238. The molecule has 1 aliphatic rings. The van der Waals surface area contributed by atoms with Crippen LogP contribution >= 0.6 is 0 Å². The third kappa shape index (κ3) is 1.62. The Morgan fingerprint density at radius 1 is 1.28 bits per heavy atom. The Morgan fingerprint density at radius 3 is 2.83 bits per heavy atom. The van der Waals surface area contributed by atoms with Gasteiger partial charge in [0.1, 0.15) is 11.3 Å². The molecule has 0 bridgehead atoms. The molecule has 1 aromatic heterocycles. The van der Waals surface area contributed by atoms with Gasteiger partial charge in [0.2, 0.25) is 0 Å². The maximum atomic E-state index is 11.8. The molecule has 0 saturated carbocycles. The van der Waals surface area contributed by atoms with Crippen LogP contribution in [0.5, 0.6) is 5.75 Å². The lowest BCUT2D eigenvalue weighted by Gasteiger charge is -2.08. The Morgan fingerprint density at radius 2 is 2.06 bits per heavy atom. The van der Waals surface area contributed by atoms with Crippen molar-refractivity contribution in [3.8, 4) is 5.75 Å². The summed E-state index contributed by atoms with van der Waals surface area (Å²) in [6.45, 7) is 2.08. The first-order valence-corrected chi connectivity index (χ1v) is 6.51. The molecule has 3 nitrogen and oxygen atoms in total. The van der Waals surface area contributed by atoms with E-state index >= 15 is 0 Å². The summed E-state index contributed by atoms with van der Waals surface area (Å²) in [5.74, 6) is 0.227.